The van der Waals surface area contributed by atoms with Crippen molar-refractivity contribution in [2.24, 2.45) is 17.8 Å². The molecule has 3 amide bonds. The second-order valence-electron chi connectivity index (χ2n) is 7.92. The molecule has 1 aromatic rings. The number of rotatable bonds is 2. The molecule has 0 N–H and O–H groups in total. The molecule has 5 heteroatoms. The molecule has 2 heterocycles. The van der Waals surface area contributed by atoms with Crippen molar-refractivity contribution in [2.45, 2.75) is 39.0 Å². The van der Waals surface area contributed by atoms with Crippen molar-refractivity contribution in [1.82, 2.24) is 4.90 Å². The van der Waals surface area contributed by atoms with Gasteiger partial charge in [-0.15, -0.1) is 0 Å². The quantitative estimate of drug-likeness (QED) is 0.595. The monoisotopic (exact) mass is 366 g/mol. The van der Waals surface area contributed by atoms with Crippen LogP contribution in [0, 0.1) is 17.8 Å². The summed E-state index contributed by atoms with van der Waals surface area (Å²) < 4.78 is 0. The molecule has 2 aliphatic heterocycles. The molecule has 0 bridgehead atoms. The SMILES string of the molecule is C[C@@H]1C=CC[C@@H]2C(=O)N(c3ccc(C(=O)N4CCCCCC4)cc3)C(=O)[C@H]12. The predicted octanol–water partition coefficient (Wildman–Crippen LogP) is 3.40. The summed E-state index contributed by atoms with van der Waals surface area (Å²) in [5.41, 5.74) is 1.19. The van der Waals surface area contributed by atoms with Crippen LogP contribution in [-0.2, 0) is 9.59 Å². The van der Waals surface area contributed by atoms with E-state index in [2.05, 4.69) is 0 Å². The van der Waals surface area contributed by atoms with E-state index >= 15 is 0 Å². The zero-order valence-corrected chi connectivity index (χ0v) is 15.8. The van der Waals surface area contributed by atoms with Gasteiger partial charge in [0.1, 0.15) is 0 Å². The van der Waals surface area contributed by atoms with Gasteiger partial charge >= 0.3 is 0 Å². The lowest BCUT2D eigenvalue weighted by atomic mass is 9.78. The Balaban J connectivity index is 1.53. The second kappa shape index (κ2) is 7.29. The fraction of sp³-hybridized carbons (Fsp3) is 0.500. The predicted molar refractivity (Wildman–Crippen MR) is 103 cm³/mol. The average Bonchev–Trinajstić information content (AvgIpc) is 2.86. The molecule has 4 rings (SSSR count). The van der Waals surface area contributed by atoms with Gasteiger partial charge in [-0.05, 0) is 49.4 Å². The molecule has 2 fully saturated rings. The molecule has 27 heavy (non-hydrogen) atoms. The standard InChI is InChI=1S/C22H26N2O3/c1-15-7-6-8-18-19(15)22(27)24(21(18)26)17-11-9-16(10-12-17)20(25)23-13-4-2-3-5-14-23/h6-7,9-12,15,18-19H,2-5,8,13-14H2,1H3/t15-,18+,19-/m1/s1. The summed E-state index contributed by atoms with van der Waals surface area (Å²) in [6.07, 6.45) is 9.12. The fourth-order valence-corrected chi connectivity index (χ4v) is 4.61. The topological polar surface area (TPSA) is 57.7 Å². The molecule has 2 saturated heterocycles. The number of fused-ring (bicyclic) bond motifs is 1. The number of likely N-dealkylation sites (tertiary alicyclic amines) is 1. The van der Waals surface area contributed by atoms with E-state index in [-0.39, 0.29) is 35.5 Å². The minimum atomic E-state index is -0.263. The van der Waals surface area contributed by atoms with E-state index in [1.807, 2.05) is 24.0 Å². The first-order chi connectivity index (χ1) is 13.1. The maximum absolute atomic E-state index is 12.9. The lowest BCUT2D eigenvalue weighted by Gasteiger charge is -2.22. The molecular weight excluding hydrogens is 340 g/mol. The van der Waals surface area contributed by atoms with Gasteiger partial charge in [-0.2, -0.15) is 0 Å². The van der Waals surface area contributed by atoms with Crippen molar-refractivity contribution < 1.29 is 14.4 Å². The van der Waals surface area contributed by atoms with Gasteiger partial charge in [0.15, 0.2) is 0 Å². The molecular formula is C22H26N2O3. The minimum absolute atomic E-state index is 0.0361. The number of amides is 3. The van der Waals surface area contributed by atoms with E-state index in [1.165, 1.54) is 17.7 Å². The summed E-state index contributed by atoms with van der Waals surface area (Å²) >= 11 is 0. The number of hydrogen-bond acceptors (Lipinski definition) is 3. The maximum Gasteiger partial charge on any atom is 0.253 e. The fourth-order valence-electron chi connectivity index (χ4n) is 4.61. The van der Waals surface area contributed by atoms with Gasteiger partial charge in [-0.1, -0.05) is 31.9 Å². The van der Waals surface area contributed by atoms with Crippen molar-refractivity contribution >= 4 is 23.4 Å². The highest BCUT2D eigenvalue weighted by Crippen LogP contribution is 2.40. The van der Waals surface area contributed by atoms with Crippen LogP contribution < -0.4 is 4.90 Å². The van der Waals surface area contributed by atoms with Gasteiger partial charge in [0.25, 0.3) is 5.91 Å². The number of hydrogen-bond donors (Lipinski definition) is 0. The van der Waals surface area contributed by atoms with Crippen molar-refractivity contribution in [2.75, 3.05) is 18.0 Å². The van der Waals surface area contributed by atoms with Gasteiger partial charge in [-0.25, -0.2) is 0 Å². The zero-order chi connectivity index (χ0) is 19.0. The van der Waals surface area contributed by atoms with Crippen LogP contribution in [0.3, 0.4) is 0 Å². The number of anilines is 1. The van der Waals surface area contributed by atoms with Crippen LogP contribution >= 0.6 is 0 Å². The molecule has 5 nitrogen and oxygen atoms in total. The number of carbonyl (C=O) groups is 3. The average molecular weight is 366 g/mol. The van der Waals surface area contributed by atoms with Crippen molar-refractivity contribution in [3.05, 3.63) is 42.0 Å². The van der Waals surface area contributed by atoms with Crippen LogP contribution in [0.4, 0.5) is 5.69 Å². The molecule has 1 aromatic carbocycles. The minimum Gasteiger partial charge on any atom is -0.339 e. The Hall–Kier alpha value is -2.43. The van der Waals surface area contributed by atoms with Gasteiger partial charge in [0.2, 0.25) is 11.8 Å². The van der Waals surface area contributed by atoms with E-state index in [4.69, 9.17) is 0 Å². The smallest absolute Gasteiger partial charge is 0.253 e. The van der Waals surface area contributed by atoms with E-state index in [0.717, 1.165) is 25.9 Å². The van der Waals surface area contributed by atoms with Crippen molar-refractivity contribution in [3.63, 3.8) is 0 Å². The highest BCUT2D eigenvalue weighted by molar-refractivity contribution is 6.22. The van der Waals surface area contributed by atoms with Crippen molar-refractivity contribution in [1.29, 1.82) is 0 Å². The first kappa shape index (κ1) is 18.0. The van der Waals surface area contributed by atoms with Gasteiger partial charge in [-0.3, -0.25) is 19.3 Å². The lowest BCUT2D eigenvalue weighted by Crippen LogP contribution is -2.33. The molecule has 0 radical (unpaired) electrons. The van der Waals surface area contributed by atoms with Crippen LogP contribution in [0.1, 0.15) is 49.4 Å². The molecule has 142 valence electrons. The van der Waals surface area contributed by atoms with Gasteiger partial charge in [0.05, 0.1) is 17.5 Å². The Bertz CT molecular complexity index is 775. The summed E-state index contributed by atoms with van der Waals surface area (Å²) in [5.74, 6) is -0.638. The number of benzene rings is 1. The normalized spacial score (nSPS) is 28.3. The molecule has 3 aliphatic rings. The summed E-state index contributed by atoms with van der Waals surface area (Å²) in [4.78, 5) is 41.6. The van der Waals surface area contributed by atoms with E-state index in [1.54, 1.807) is 24.3 Å². The largest absolute Gasteiger partial charge is 0.339 e. The molecule has 3 atom stereocenters. The molecule has 1 aliphatic carbocycles. The molecule has 0 aromatic heterocycles. The number of nitrogens with zero attached hydrogens (tertiary/aromatic N) is 2. The third-order valence-electron chi connectivity index (χ3n) is 6.14. The molecule has 0 unspecified atom stereocenters. The first-order valence-corrected chi connectivity index (χ1v) is 10.0. The molecule has 0 spiro atoms. The maximum atomic E-state index is 12.9. The number of imide groups is 1. The van der Waals surface area contributed by atoms with E-state index in [9.17, 15) is 14.4 Å². The first-order valence-electron chi connectivity index (χ1n) is 10.0. The van der Waals surface area contributed by atoms with Crippen LogP contribution in [0.15, 0.2) is 36.4 Å². The Labute approximate surface area is 160 Å². The summed E-state index contributed by atoms with van der Waals surface area (Å²) in [6.45, 7) is 3.60. The van der Waals surface area contributed by atoms with Crippen LogP contribution in [0.25, 0.3) is 0 Å². The third kappa shape index (κ3) is 3.20. The Morgan fingerprint density at radius 2 is 1.63 bits per heavy atom. The van der Waals surface area contributed by atoms with Crippen molar-refractivity contribution in [3.8, 4) is 0 Å². The molecule has 0 saturated carbocycles. The van der Waals surface area contributed by atoms with Gasteiger partial charge < -0.3 is 4.90 Å². The highest BCUT2D eigenvalue weighted by Gasteiger charge is 2.50. The highest BCUT2D eigenvalue weighted by atomic mass is 16.2. The summed E-state index contributed by atoms with van der Waals surface area (Å²) in [6, 6.07) is 6.95. The van der Waals surface area contributed by atoms with Crippen LogP contribution in [-0.4, -0.2) is 35.7 Å². The number of allylic oxidation sites excluding steroid dienone is 2. The lowest BCUT2D eigenvalue weighted by molar-refractivity contribution is -0.122. The second-order valence-corrected chi connectivity index (χ2v) is 7.92. The summed E-state index contributed by atoms with van der Waals surface area (Å²) in [7, 11) is 0. The van der Waals surface area contributed by atoms with E-state index < -0.39 is 0 Å². The van der Waals surface area contributed by atoms with Gasteiger partial charge in [0, 0.05) is 18.7 Å². The Morgan fingerprint density at radius 1 is 0.963 bits per heavy atom. The van der Waals surface area contributed by atoms with Crippen LogP contribution in [0.2, 0.25) is 0 Å². The number of carbonyl (C=O) groups excluding carboxylic acids is 3. The Morgan fingerprint density at radius 3 is 2.26 bits per heavy atom. The van der Waals surface area contributed by atoms with Crippen LogP contribution in [0.5, 0.6) is 0 Å². The summed E-state index contributed by atoms with van der Waals surface area (Å²) in [5, 5.41) is 0. The van der Waals surface area contributed by atoms with E-state index in [0.29, 0.717) is 17.7 Å². The Kier molecular flexibility index (Phi) is 4.85. The zero-order valence-electron chi connectivity index (χ0n) is 15.8. The third-order valence-corrected chi connectivity index (χ3v) is 6.14.